The minimum absolute atomic E-state index is 0.0191. The highest BCUT2D eigenvalue weighted by Gasteiger charge is 2.28. The first-order valence-corrected chi connectivity index (χ1v) is 11.9. The summed E-state index contributed by atoms with van der Waals surface area (Å²) in [5, 5.41) is 7.47. The van der Waals surface area contributed by atoms with Gasteiger partial charge in [0, 0.05) is 47.0 Å². The lowest BCUT2D eigenvalue weighted by Crippen LogP contribution is -2.35. The standard InChI is InChI=1S/C27H26Cl2N4O2/c1-17(34)33(15-14-32(2)3)22-11-9-21(10-12-22)30-26(18-4-6-19(28)7-5-18)25-23-13-8-20(29)16-24(23)31-27(25)35/h4-13,16,30H,14-15H2,1-3H3,(H,31,35)/b26-25-. The number of halogens is 2. The predicted molar refractivity (Wildman–Crippen MR) is 145 cm³/mol. The number of hydrogen-bond acceptors (Lipinski definition) is 4. The Morgan fingerprint density at radius 1 is 0.914 bits per heavy atom. The van der Waals surface area contributed by atoms with Crippen LogP contribution in [0.5, 0.6) is 0 Å². The van der Waals surface area contributed by atoms with Gasteiger partial charge in [0.05, 0.1) is 17.0 Å². The first kappa shape index (κ1) is 24.8. The Labute approximate surface area is 215 Å². The molecule has 4 rings (SSSR count). The van der Waals surface area contributed by atoms with Crippen LogP contribution in [0.4, 0.5) is 17.1 Å². The fraction of sp³-hybridized carbons (Fsp3) is 0.185. The summed E-state index contributed by atoms with van der Waals surface area (Å²) in [5.41, 5.74) is 4.98. The van der Waals surface area contributed by atoms with Crippen molar-refractivity contribution in [1.29, 1.82) is 0 Å². The average molecular weight is 509 g/mol. The van der Waals surface area contributed by atoms with E-state index in [-0.39, 0.29) is 11.8 Å². The van der Waals surface area contributed by atoms with E-state index in [9.17, 15) is 9.59 Å². The Kier molecular flexibility index (Phi) is 7.45. The summed E-state index contributed by atoms with van der Waals surface area (Å²) >= 11 is 12.3. The molecule has 0 saturated heterocycles. The van der Waals surface area contributed by atoms with Crippen LogP contribution in [0.1, 0.15) is 18.1 Å². The molecule has 1 aliphatic heterocycles. The van der Waals surface area contributed by atoms with Gasteiger partial charge in [0.15, 0.2) is 0 Å². The summed E-state index contributed by atoms with van der Waals surface area (Å²) < 4.78 is 0. The van der Waals surface area contributed by atoms with Crippen molar-refractivity contribution >= 4 is 63.3 Å². The van der Waals surface area contributed by atoms with Gasteiger partial charge in [-0.25, -0.2) is 0 Å². The van der Waals surface area contributed by atoms with E-state index in [1.165, 1.54) is 0 Å². The second-order valence-electron chi connectivity index (χ2n) is 8.55. The topological polar surface area (TPSA) is 64.7 Å². The third-order valence-electron chi connectivity index (χ3n) is 5.71. The Hall–Kier alpha value is -3.32. The van der Waals surface area contributed by atoms with Gasteiger partial charge in [0.25, 0.3) is 5.91 Å². The van der Waals surface area contributed by atoms with Crippen LogP contribution in [-0.4, -0.2) is 43.9 Å². The molecule has 0 saturated carbocycles. The van der Waals surface area contributed by atoms with Crippen molar-refractivity contribution in [1.82, 2.24) is 4.90 Å². The lowest BCUT2D eigenvalue weighted by Gasteiger charge is -2.23. The van der Waals surface area contributed by atoms with Crippen molar-refractivity contribution in [2.24, 2.45) is 0 Å². The molecule has 3 aromatic rings. The normalized spacial score (nSPS) is 13.9. The largest absolute Gasteiger partial charge is 0.354 e. The molecule has 35 heavy (non-hydrogen) atoms. The van der Waals surface area contributed by atoms with E-state index in [0.29, 0.717) is 33.5 Å². The summed E-state index contributed by atoms with van der Waals surface area (Å²) in [5.74, 6) is -0.239. The zero-order valence-corrected chi connectivity index (χ0v) is 21.2. The van der Waals surface area contributed by atoms with Gasteiger partial charge < -0.3 is 20.4 Å². The number of hydrogen-bond donors (Lipinski definition) is 2. The summed E-state index contributed by atoms with van der Waals surface area (Å²) in [6, 6.07) is 20.2. The lowest BCUT2D eigenvalue weighted by molar-refractivity contribution is -0.116. The Morgan fingerprint density at radius 3 is 2.20 bits per heavy atom. The van der Waals surface area contributed by atoms with E-state index in [2.05, 4.69) is 10.6 Å². The summed E-state index contributed by atoms with van der Waals surface area (Å²) in [7, 11) is 3.95. The highest BCUT2D eigenvalue weighted by atomic mass is 35.5. The maximum Gasteiger partial charge on any atom is 0.258 e. The van der Waals surface area contributed by atoms with Gasteiger partial charge in [0.2, 0.25) is 5.91 Å². The second-order valence-corrected chi connectivity index (χ2v) is 9.42. The Bertz CT molecular complexity index is 1290. The average Bonchev–Trinajstić information content (AvgIpc) is 3.13. The molecule has 0 atom stereocenters. The van der Waals surface area contributed by atoms with E-state index in [1.807, 2.05) is 61.5 Å². The SMILES string of the molecule is CC(=O)N(CCN(C)C)c1ccc(N/C(=C2\C(=O)Nc3cc(Cl)ccc32)c2ccc(Cl)cc2)cc1. The molecule has 0 radical (unpaired) electrons. The molecule has 0 unspecified atom stereocenters. The fourth-order valence-corrected chi connectivity index (χ4v) is 4.22. The molecule has 8 heteroatoms. The molecule has 0 bridgehead atoms. The Morgan fingerprint density at radius 2 is 1.57 bits per heavy atom. The minimum atomic E-state index is -0.220. The van der Waals surface area contributed by atoms with Crippen LogP contribution in [0, 0.1) is 0 Å². The van der Waals surface area contributed by atoms with Crippen molar-refractivity contribution in [2.75, 3.05) is 42.7 Å². The number of carbonyl (C=O) groups is 2. The second kappa shape index (κ2) is 10.5. The molecule has 0 aromatic heterocycles. The zero-order valence-electron chi connectivity index (χ0n) is 19.7. The Balaban J connectivity index is 1.72. The molecule has 1 heterocycles. The number of benzene rings is 3. The van der Waals surface area contributed by atoms with Crippen LogP contribution in [0.2, 0.25) is 10.0 Å². The maximum absolute atomic E-state index is 13.0. The highest BCUT2D eigenvalue weighted by molar-refractivity contribution is 6.38. The van der Waals surface area contributed by atoms with Gasteiger partial charge in [-0.05, 0) is 68.2 Å². The molecule has 2 N–H and O–H groups in total. The van der Waals surface area contributed by atoms with Crippen LogP contribution >= 0.6 is 23.2 Å². The molecule has 0 spiro atoms. The van der Waals surface area contributed by atoms with Gasteiger partial charge in [-0.1, -0.05) is 41.4 Å². The first-order valence-electron chi connectivity index (χ1n) is 11.1. The summed E-state index contributed by atoms with van der Waals surface area (Å²) in [6.45, 7) is 2.91. The van der Waals surface area contributed by atoms with E-state index >= 15 is 0 Å². The zero-order chi connectivity index (χ0) is 25.1. The van der Waals surface area contributed by atoms with Crippen LogP contribution < -0.4 is 15.5 Å². The molecule has 0 aliphatic carbocycles. The third kappa shape index (κ3) is 5.68. The minimum Gasteiger partial charge on any atom is -0.354 e. The molecule has 6 nitrogen and oxygen atoms in total. The predicted octanol–water partition coefficient (Wildman–Crippen LogP) is 5.84. The number of anilines is 3. The monoisotopic (exact) mass is 508 g/mol. The van der Waals surface area contributed by atoms with Crippen LogP contribution in [0.15, 0.2) is 66.7 Å². The number of amides is 2. The smallest absolute Gasteiger partial charge is 0.258 e. The molecule has 0 fully saturated rings. The first-order chi connectivity index (χ1) is 16.7. The molecular formula is C27H26Cl2N4O2. The van der Waals surface area contributed by atoms with Gasteiger partial charge >= 0.3 is 0 Å². The van der Waals surface area contributed by atoms with Crippen molar-refractivity contribution in [2.45, 2.75) is 6.92 Å². The molecule has 1 aliphatic rings. The van der Waals surface area contributed by atoms with Crippen LogP contribution in [-0.2, 0) is 9.59 Å². The summed E-state index contributed by atoms with van der Waals surface area (Å²) in [4.78, 5) is 29.0. The van der Waals surface area contributed by atoms with Crippen molar-refractivity contribution in [3.05, 3.63) is 87.9 Å². The van der Waals surface area contributed by atoms with Gasteiger partial charge in [-0.2, -0.15) is 0 Å². The number of carbonyl (C=O) groups excluding carboxylic acids is 2. The van der Waals surface area contributed by atoms with Crippen LogP contribution in [0.3, 0.4) is 0 Å². The number of fused-ring (bicyclic) bond motifs is 1. The molecule has 180 valence electrons. The lowest BCUT2D eigenvalue weighted by atomic mass is 10.00. The highest BCUT2D eigenvalue weighted by Crippen LogP contribution is 2.39. The third-order valence-corrected chi connectivity index (χ3v) is 6.20. The fourth-order valence-electron chi connectivity index (χ4n) is 3.93. The maximum atomic E-state index is 13.0. The molecule has 2 amide bonds. The van der Waals surface area contributed by atoms with E-state index in [0.717, 1.165) is 29.0 Å². The van der Waals surface area contributed by atoms with E-state index < -0.39 is 0 Å². The van der Waals surface area contributed by atoms with Crippen LogP contribution in [0.25, 0.3) is 11.3 Å². The van der Waals surface area contributed by atoms with Gasteiger partial charge in [0.1, 0.15) is 0 Å². The van der Waals surface area contributed by atoms with Crippen molar-refractivity contribution in [3.63, 3.8) is 0 Å². The summed E-state index contributed by atoms with van der Waals surface area (Å²) in [6.07, 6.45) is 0. The van der Waals surface area contributed by atoms with E-state index in [4.69, 9.17) is 23.2 Å². The van der Waals surface area contributed by atoms with E-state index in [1.54, 1.807) is 36.1 Å². The number of nitrogens with zero attached hydrogens (tertiary/aromatic N) is 2. The van der Waals surface area contributed by atoms with Gasteiger partial charge in [-0.3, -0.25) is 9.59 Å². The molecule has 3 aromatic carbocycles. The van der Waals surface area contributed by atoms with Crippen molar-refractivity contribution in [3.8, 4) is 0 Å². The van der Waals surface area contributed by atoms with Gasteiger partial charge in [-0.15, -0.1) is 0 Å². The molecular weight excluding hydrogens is 483 g/mol. The quantitative estimate of drug-likeness (QED) is 0.393. The van der Waals surface area contributed by atoms with Crippen molar-refractivity contribution < 1.29 is 9.59 Å². The number of likely N-dealkylation sites (N-methyl/N-ethyl adjacent to an activating group) is 1. The number of nitrogens with one attached hydrogen (secondary N) is 2. The number of rotatable bonds is 7.